The van der Waals surface area contributed by atoms with Gasteiger partial charge in [0.25, 0.3) is 5.91 Å². The summed E-state index contributed by atoms with van der Waals surface area (Å²) in [6.07, 6.45) is 2.18. The molecule has 0 aromatic heterocycles. The second kappa shape index (κ2) is 10.1. The van der Waals surface area contributed by atoms with Crippen molar-refractivity contribution in [1.82, 2.24) is 10.2 Å². The maximum Gasteiger partial charge on any atom is 0.255 e. The number of β-amino-alcohol motifs (C(OH)–C–C–N with tert-alkyl or cyclic N) is 1. The third-order valence-corrected chi connectivity index (χ3v) is 5.39. The zero-order valence-electron chi connectivity index (χ0n) is 16.9. The van der Waals surface area contributed by atoms with Crippen molar-refractivity contribution in [2.75, 3.05) is 53.1 Å². The van der Waals surface area contributed by atoms with Crippen LogP contribution in [0.2, 0.25) is 0 Å². The van der Waals surface area contributed by atoms with E-state index in [1.54, 1.807) is 7.11 Å². The van der Waals surface area contributed by atoms with Gasteiger partial charge >= 0.3 is 0 Å². The summed E-state index contributed by atoms with van der Waals surface area (Å²) in [4.78, 5) is 15.1. The van der Waals surface area contributed by atoms with Crippen LogP contribution in [0.4, 0.5) is 0 Å². The maximum atomic E-state index is 12.8. The number of piperidine rings is 1. The lowest BCUT2D eigenvalue weighted by Gasteiger charge is -2.36. The normalized spacial score (nSPS) is 22.5. The predicted molar refractivity (Wildman–Crippen MR) is 106 cm³/mol. The Bertz CT molecular complexity index is 666. The van der Waals surface area contributed by atoms with Crippen LogP contribution in [0.15, 0.2) is 12.1 Å². The van der Waals surface area contributed by atoms with Gasteiger partial charge in [-0.15, -0.1) is 0 Å². The third kappa shape index (κ3) is 5.37. The van der Waals surface area contributed by atoms with E-state index in [1.165, 1.54) is 0 Å². The largest absolute Gasteiger partial charge is 0.490 e. The smallest absolute Gasteiger partial charge is 0.255 e. The van der Waals surface area contributed by atoms with Gasteiger partial charge in [-0.2, -0.15) is 0 Å². The first-order valence-corrected chi connectivity index (χ1v) is 10.2. The summed E-state index contributed by atoms with van der Waals surface area (Å²) in [6, 6.07) is 3.73. The molecule has 28 heavy (non-hydrogen) atoms. The van der Waals surface area contributed by atoms with Crippen molar-refractivity contribution in [3.8, 4) is 11.5 Å². The molecule has 2 atom stereocenters. The van der Waals surface area contributed by atoms with E-state index in [4.69, 9.17) is 14.2 Å². The number of nitrogens with zero attached hydrogens (tertiary/aromatic N) is 1. The topological polar surface area (TPSA) is 80.3 Å². The Labute approximate surface area is 166 Å². The summed E-state index contributed by atoms with van der Waals surface area (Å²) >= 11 is 0. The average molecular weight is 392 g/mol. The Kier molecular flexibility index (Phi) is 7.53. The number of carbonyl (C=O) groups excluding carboxylic acids is 1. The van der Waals surface area contributed by atoms with Crippen LogP contribution in [0.1, 0.15) is 35.2 Å². The number of aryl methyl sites for hydroxylation is 1. The molecule has 2 N–H and O–H groups in total. The highest BCUT2D eigenvalue weighted by Gasteiger charge is 2.28. The van der Waals surface area contributed by atoms with E-state index in [0.717, 1.165) is 44.5 Å². The van der Waals surface area contributed by atoms with Gasteiger partial charge in [0.05, 0.1) is 24.9 Å². The molecule has 156 valence electrons. The fourth-order valence-corrected chi connectivity index (χ4v) is 3.82. The molecule has 1 fully saturated rings. The molecule has 7 heteroatoms. The Morgan fingerprint density at radius 1 is 1.36 bits per heavy atom. The van der Waals surface area contributed by atoms with E-state index in [1.807, 2.05) is 19.1 Å². The zero-order valence-corrected chi connectivity index (χ0v) is 16.9. The minimum atomic E-state index is -0.439. The molecule has 0 unspecified atom stereocenters. The van der Waals surface area contributed by atoms with Gasteiger partial charge < -0.3 is 29.5 Å². The number of methoxy groups -OCH3 is 1. The van der Waals surface area contributed by atoms with Gasteiger partial charge in [0, 0.05) is 45.7 Å². The van der Waals surface area contributed by atoms with Gasteiger partial charge in [-0.3, -0.25) is 4.79 Å². The molecule has 1 saturated heterocycles. The van der Waals surface area contributed by atoms with Crippen molar-refractivity contribution in [3.05, 3.63) is 23.3 Å². The molecule has 2 heterocycles. The third-order valence-electron chi connectivity index (χ3n) is 5.39. The van der Waals surface area contributed by atoms with Crippen LogP contribution in [0.3, 0.4) is 0 Å². The number of amides is 1. The lowest BCUT2D eigenvalue weighted by atomic mass is 9.93. The molecule has 0 radical (unpaired) electrons. The van der Waals surface area contributed by atoms with Crippen LogP contribution >= 0.6 is 0 Å². The number of ether oxygens (including phenoxy) is 3. The summed E-state index contributed by atoms with van der Waals surface area (Å²) in [5, 5.41) is 13.5. The first kappa shape index (κ1) is 20.9. The van der Waals surface area contributed by atoms with E-state index in [0.29, 0.717) is 43.4 Å². The first-order valence-electron chi connectivity index (χ1n) is 10.2. The minimum Gasteiger partial charge on any atom is -0.490 e. The van der Waals surface area contributed by atoms with Gasteiger partial charge in [0.15, 0.2) is 11.5 Å². The quantitative estimate of drug-likeness (QED) is 0.687. The van der Waals surface area contributed by atoms with Crippen molar-refractivity contribution in [1.29, 1.82) is 0 Å². The lowest BCUT2D eigenvalue weighted by Crippen LogP contribution is -2.48. The summed E-state index contributed by atoms with van der Waals surface area (Å²) in [7, 11) is 1.70. The lowest BCUT2D eigenvalue weighted by molar-refractivity contribution is 0.0192. The van der Waals surface area contributed by atoms with Crippen molar-refractivity contribution in [2.45, 2.75) is 32.3 Å². The number of benzene rings is 1. The number of nitrogens with one attached hydrogen (secondary N) is 1. The average Bonchev–Trinajstić information content (AvgIpc) is 2.92. The van der Waals surface area contributed by atoms with Gasteiger partial charge in [-0.05, 0) is 44.0 Å². The van der Waals surface area contributed by atoms with E-state index < -0.39 is 6.10 Å². The molecule has 2 aliphatic heterocycles. The highest BCUT2D eigenvalue weighted by atomic mass is 16.5. The molecule has 1 aromatic carbocycles. The molecule has 0 bridgehead atoms. The van der Waals surface area contributed by atoms with Crippen molar-refractivity contribution >= 4 is 5.91 Å². The number of fused-ring (bicyclic) bond motifs is 1. The summed E-state index contributed by atoms with van der Waals surface area (Å²) in [5.74, 6) is 1.03. The van der Waals surface area contributed by atoms with E-state index in [2.05, 4.69) is 10.2 Å². The Morgan fingerprint density at radius 3 is 2.96 bits per heavy atom. The molecule has 2 aliphatic rings. The number of rotatable bonds is 7. The molecule has 0 saturated carbocycles. The Hall–Kier alpha value is -1.83. The van der Waals surface area contributed by atoms with Gasteiger partial charge in [0.2, 0.25) is 0 Å². The molecular weight excluding hydrogens is 360 g/mol. The highest BCUT2D eigenvalue weighted by molar-refractivity contribution is 5.98. The van der Waals surface area contributed by atoms with Crippen LogP contribution in [0.25, 0.3) is 0 Å². The Morgan fingerprint density at radius 2 is 2.18 bits per heavy atom. The van der Waals surface area contributed by atoms with Crippen molar-refractivity contribution < 1.29 is 24.1 Å². The molecule has 0 spiro atoms. The molecular formula is C21H32N2O5. The molecule has 7 nitrogen and oxygen atoms in total. The van der Waals surface area contributed by atoms with Crippen molar-refractivity contribution in [2.24, 2.45) is 5.92 Å². The summed E-state index contributed by atoms with van der Waals surface area (Å²) in [5.41, 5.74) is 1.46. The van der Waals surface area contributed by atoms with Crippen LogP contribution in [-0.2, 0) is 4.74 Å². The number of carbonyl (C=O) groups is 1. The number of aliphatic hydroxyl groups is 1. The molecule has 1 aromatic rings. The number of aliphatic hydroxyl groups excluding tert-OH is 1. The summed E-state index contributed by atoms with van der Waals surface area (Å²) < 4.78 is 16.6. The molecule has 3 rings (SSSR count). The van der Waals surface area contributed by atoms with E-state index >= 15 is 0 Å². The van der Waals surface area contributed by atoms with E-state index in [-0.39, 0.29) is 11.8 Å². The zero-order chi connectivity index (χ0) is 19.9. The number of hydrogen-bond donors (Lipinski definition) is 2. The van der Waals surface area contributed by atoms with Crippen LogP contribution < -0.4 is 14.8 Å². The minimum absolute atomic E-state index is 0.0585. The molecule has 0 aliphatic carbocycles. The summed E-state index contributed by atoms with van der Waals surface area (Å²) in [6.45, 7) is 6.75. The standard InChI is InChI=1S/C21H32N2O5/c1-15-11-17(20-19(12-15)27-9-4-10-28-20)21(25)22-13-16-5-7-23(14-18(16)24)6-3-8-26-2/h11-12,16,18,24H,3-10,13-14H2,1-2H3,(H,22,25)/t16-,18+/m1/s1. The maximum absolute atomic E-state index is 12.8. The number of likely N-dealkylation sites (tertiary alicyclic amines) is 1. The first-order chi connectivity index (χ1) is 13.6. The van der Waals surface area contributed by atoms with Gasteiger partial charge in [0.1, 0.15) is 0 Å². The van der Waals surface area contributed by atoms with Crippen molar-refractivity contribution in [3.63, 3.8) is 0 Å². The number of hydrogen-bond acceptors (Lipinski definition) is 6. The van der Waals surface area contributed by atoms with Crippen LogP contribution in [-0.4, -0.2) is 75.1 Å². The van der Waals surface area contributed by atoms with Crippen LogP contribution in [0.5, 0.6) is 11.5 Å². The van der Waals surface area contributed by atoms with Gasteiger partial charge in [-0.25, -0.2) is 0 Å². The Balaban J connectivity index is 1.56. The SMILES string of the molecule is COCCCN1CC[C@H](CNC(=O)c2cc(C)cc3c2OCCCO3)[C@@H](O)C1. The second-order valence-electron chi connectivity index (χ2n) is 7.66. The molecule has 1 amide bonds. The fourth-order valence-electron chi connectivity index (χ4n) is 3.82. The monoisotopic (exact) mass is 392 g/mol. The van der Waals surface area contributed by atoms with E-state index in [9.17, 15) is 9.90 Å². The van der Waals surface area contributed by atoms with Crippen LogP contribution in [0, 0.1) is 12.8 Å². The predicted octanol–water partition coefficient (Wildman–Crippen LogP) is 1.61. The highest BCUT2D eigenvalue weighted by Crippen LogP contribution is 2.34. The van der Waals surface area contributed by atoms with Gasteiger partial charge in [-0.1, -0.05) is 0 Å². The second-order valence-corrected chi connectivity index (χ2v) is 7.66. The fraction of sp³-hybridized carbons (Fsp3) is 0.667.